The maximum atomic E-state index is 12.3. The number of rotatable bonds is 7. The van der Waals surface area contributed by atoms with Gasteiger partial charge in [0.2, 0.25) is 5.91 Å². The van der Waals surface area contributed by atoms with Crippen LogP contribution in [-0.2, 0) is 17.8 Å². The third kappa shape index (κ3) is 5.07. The van der Waals surface area contributed by atoms with E-state index in [2.05, 4.69) is 31.2 Å². The van der Waals surface area contributed by atoms with Gasteiger partial charge in [0.05, 0.1) is 0 Å². The zero-order valence-electron chi connectivity index (χ0n) is 12.7. The highest BCUT2D eigenvalue weighted by molar-refractivity contribution is 5.76. The minimum atomic E-state index is 0.247. The number of hydrogen-bond donors (Lipinski definition) is 0. The van der Waals surface area contributed by atoms with Gasteiger partial charge < -0.3 is 4.90 Å². The average molecular weight is 281 g/mol. The zero-order chi connectivity index (χ0) is 14.9. The molecule has 0 aliphatic rings. The molecule has 2 aromatic rings. The largest absolute Gasteiger partial charge is 0.338 e. The summed E-state index contributed by atoms with van der Waals surface area (Å²) in [5.74, 6) is 0.247. The van der Waals surface area contributed by atoms with Crippen LogP contribution in [0.5, 0.6) is 0 Å². The van der Waals surface area contributed by atoms with E-state index in [4.69, 9.17) is 0 Å². The summed E-state index contributed by atoms with van der Waals surface area (Å²) in [4.78, 5) is 14.3. The van der Waals surface area contributed by atoms with Gasteiger partial charge in [-0.15, -0.1) is 0 Å². The summed E-state index contributed by atoms with van der Waals surface area (Å²) >= 11 is 0. The summed E-state index contributed by atoms with van der Waals surface area (Å²) in [5.41, 5.74) is 2.47. The summed E-state index contributed by atoms with van der Waals surface area (Å²) in [6, 6.07) is 20.6. The molecule has 2 rings (SSSR count). The normalized spacial score (nSPS) is 10.3. The van der Waals surface area contributed by atoms with E-state index >= 15 is 0 Å². The van der Waals surface area contributed by atoms with Crippen LogP contribution in [0.25, 0.3) is 0 Å². The molecular weight excluding hydrogens is 258 g/mol. The first kappa shape index (κ1) is 15.3. The Morgan fingerprint density at radius 1 is 0.905 bits per heavy atom. The zero-order valence-corrected chi connectivity index (χ0v) is 12.7. The lowest BCUT2D eigenvalue weighted by atomic mass is 10.1. The molecule has 0 heterocycles. The Morgan fingerprint density at radius 2 is 1.48 bits per heavy atom. The topological polar surface area (TPSA) is 20.3 Å². The van der Waals surface area contributed by atoms with Gasteiger partial charge >= 0.3 is 0 Å². The van der Waals surface area contributed by atoms with E-state index in [0.717, 1.165) is 19.4 Å². The molecular formula is C19H23NO. The third-order valence-electron chi connectivity index (χ3n) is 3.55. The fraction of sp³-hybridized carbons (Fsp3) is 0.316. The van der Waals surface area contributed by atoms with Crippen LogP contribution in [0.2, 0.25) is 0 Å². The molecule has 2 heteroatoms. The van der Waals surface area contributed by atoms with Gasteiger partial charge in [-0.1, -0.05) is 67.6 Å². The molecule has 0 aliphatic heterocycles. The molecule has 0 aliphatic carbocycles. The minimum absolute atomic E-state index is 0.247. The molecule has 0 saturated carbocycles. The van der Waals surface area contributed by atoms with E-state index in [1.165, 1.54) is 11.1 Å². The Morgan fingerprint density at radius 3 is 2.05 bits per heavy atom. The SMILES string of the molecule is CCCC(=O)N(CCc1ccccc1)Cc1ccccc1. The van der Waals surface area contributed by atoms with Crippen LogP contribution in [0.3, 0.4) is 0 Å². The predicted octanol–water partition coefficient (Wildman–Crippen LogP) is 4.06. The van der Waals surface area contributed by atoms with Gasteiger partial charge in [0.25, 0.3) is 0 Å². The quantitative estimate of drug-likeness (QED) is 0.749. The number of hydrogen-bond acceptors (Lipinski definition) is 1. The van der Waals surface area contributed by atoms with Gasteiger partial charge in [0, 0.05) is 19.5 Å². The van der Waals surface area contributed by atoms with E-state index in [0.29, 0.717) is 13.0 Å². The molecule has 0 fully saturated rings. The molecule has 2 aromatic carbocycles. The lowest BCUT2D eigenvalue weighted by Gasteiger charge is -2.23. The fourth-order valence-electron chi connectivity index (χ4n) is 2.38. The van der Waals surface area contributed by atoms with Crippen molar-refractivity contribution >= 4 is 5.91 Å². The van der Waals surface area contributed by atoms with Crippen molar-refractivity contribution in [2.24, 2.45) is 0 Å². The number of nitrogens with zero attached hydrogens (tertiary/aromatic N) is 1. The minimum Gasteiger partial charge on any atom is -0.338 e. The van der Waals surface area contributed by atoms with Gasteiger partial charge in [0.1, 0.15) is 0 Å². The second-order valence-electron chi connectivity index (χ2n) is 5.29. The van der Waals surface area contributed by atoms with E-state index in [-0.39, 0.29) is 5.91 Å². The van der Waals surface area contributed by atoms with Crippen LogP contribution >= 0.6 is 0 Å². The van der Waals surface area contributed by atoms with E-state index < -0.39 is 0 Å². The second kappa shape index (κ2) is 8.25. The Balaban J connectivity index is 2.00. The molecule has 0 saturated heterocycles. The average Bonchev–Trinajstić information content (AvgIpc) is 2.53. The summed E-state index contributed by atoms with van der Waals surface area (Å²) in [6.07, 6.45) is 2.43. The van der Waals surface area contributed by atoms with Crippen molar-refractivity contribution in [3.05, 3.63) is 71.8 Å². The number of amides is 1. The van der Waals surface area contributed by atoms with E-state index in [1.54, 1.807) is 0 Å². The predicted molar refractivity (Wildman–Crippen MR) is 86.9 cm³/mol. The Kier molecular flexibility index (Phi) is 6.01. The van der Waals surface area contributed by atoms with Crippen molar-refractivity contribution in [3.8, 4) is 0 Å². The Labute approximate surface area is 127 Å². The third-order valence-corrected chi connectivity index (χ3v) is 3.55. The van der Waals surface area contributed by atoms with Crippen LogP contribution < -0.4 is 0 Å². The van der Waals surface area contributed by atoms with Crippen LogP contribution in [0.15, 0.2) is 60.7 Å². The molecule has 0 radical (unpaired) electrons. The van der Waals surface area contributed by atoms with Crippen LogP contribution in [0.1, 0.15) is 30.9 Å². The van der Waals surface area contributed by atoms with Gasteiger partial charge in [-0.3, -0.25) is 4.79 Å². The lowest BCUT2D eigenvalue weighted by Crippen LogP contribution is -2.32. The van der Waals surface area contributed by atoms with Crippen molar-refractivity contribution in [2.75, 3.05) is 6.54 Å². The molecule has 0 spiro atoms. The molecule has 0 bridgehead atoms. The second-order valence-corrected chi connectivity index (χ2v) is 5.29. The molecule has 0 unspecified atom stereocenters. The summed E-state index contributed by atoms with van der Waals surface area (Å²) in [6.45, 7) is 3.53. The summed E-state index contributed by atoms with van der Waals surface area (Å²) in [7, 11) is 0. The van der Waals surface area contributed by atoms with E-state index in [1.807, 2.05) is 41.3 Å². The first-order valence-corrected chi connectivity index (χ1v) is 7.65. The van der Waals surface area contributed by atoms with Crippen molar-refractivity contribution in [2.45, 2.75) is 32.7 Å². The molecule has 110 valence electrons. The van der Waals surface area contributed by atoms with Gasteiger partial charge in [-0.2, -0.15) is 0 Å². The molecule has 0 N–H and O–H groups in total. The van der Waals surface area contributed by atoms with Crippen LogP contribution in [-0.4, -0.2) is 17.4 Å². The molecule has 21 heavy (non-hydrogen) atoms. The number of benzene rings is 2. The maximum Gasteiger partial charge on any atom is 0.222 e. The van der Waals surface area contributed by atoms with Crippen molar-refractivity contribution in [1.29, 1.82) is 0 Å². The van der Waals surface area contributed by atoms with Crippen LogP contribution in [0, 0.1) is 0 Å². The van der Waals surface area contributed by atoms with Crippen LogP contribution in [0.4, 0.5) is 0 Å². The summed E-state index contributed by atoms with van der Waals surface area (Å²) < 4.78 is 0. The monoisotopic (exact) mass is 281 g/mol. The van der Waals surface area contributed by atoms with Gasteiger partial charge in [-0.05, 0) is 24.0 Å². The maximum absolute atomic E-state index is 12.3. The number of carbonyl (C=O) groups excluding carboxylic acids is 1. The molecule has 2 nitrogen and oxygen atoms in total. The smallest absolute Gasteiger partial charge is 0.222 e. The highest BCUT2D eigenvalue weighted by atomic mass is 16.2. The molecule has 0 atom stereocenters. The Bertz CT molecular complexity index is 536. The van der Waals surface area contributed by atoms with Crippen molar-refractivity contribution in [1.82, 2.24) is 4.90 Å². The fourth-order valence-corrected chi connectivity index (χ4v) is 2.38. The summed E-state index contributed by atoms with van der Waals surface area (Å²) in [5, 5.41) is 0. The van der Waals surface area contributed by atoms with Gasteiger partial charge in [0.15, 0.2) is 0 Å². The highest BCUT2D eigenvalue weighted by Crippen LogP contribution is 2.09. The first-order chi connectivity index (χ1) is 10.3. The molecule has 1 amide bonds. The Hall–Kier alpha value is -2.09. The van der Waals surface area contributed by atoms with E-state index in [9.17, 15) is 4.79 Å². The lowest BCUT2D eigenvalue weighted by molar-refractivity contribution is -0.131. The standard InChI is InChI=1S/C19H23NO/c1-2-9-19(21)20(16-18-12-7-4-8-13-18)15-14-17-10-5-3-6-11-17/h3-8,10-13H,2,9,14-16H2,1H3. The van der Waals surface area contributed by atoms with Crippen molar-refractivity contribution < 1.29 is 4.79 Å². The highest BCUT2D eigenvalue weighted by Gasteiger charge is 2.12. The first-order valence-electron chi connectivity index (χ1n) is 7.65. The van der Waals surface area contributed by atoms with Crippen molar-refractivity contribution in [3.63, 3.8) is 0 Å². The van der Waals surface area contributed by atoms with Gasteiger partial charge in [-0.25, -0.2) is 0 Å². The molecule has 0 aromatic heterocycles. The number of carbonyl (C=O) groups is 1.